The minimum Gasteiger partial charge on any atom is -0.312 e. The highest BCUT2D eigenvalue weighted by atomic mass is 32.2. The molecule has 2 aromatic heterocycles. The van der Waals surface area contributed by atoms with Crippen LogP contribution in [0.1, 0.15) is 44.6 Å². The van der Waals surface area contributed by atoms with Gasteiger partial charge < -0.3 is 5.32 Å². The van der Waals surface area contributed by atoms with Crippen molar-refractivity contribution in [1.82, 2.24) is 25.1 Å². The summed E-state index contributed by atoms with van der Waals surface area (Å²) < 4.78 is 30.1. The summed E-state index contributed by atoms with van der Waals surface area (Å²) in [5.74, 6) is 1.91. The molecule has 8 nitrogen and oxygen atoms in total. The van der Waals surface area contributed by atoms with Crippen LogP contribution in [-0.4, -0.2) is 34.7 Å². The summed E-state index contributed by atoms with van der Waals surface area (Å²) in [5.41, 5.74) is 1.49. The lowest BCUT2D eigenvalue weighted by atomic mass is 9.81. The van der Waals surface area contributed by atoms with E-state index in [9.17, 15) is 8.42 Å². The van der Waals surface area contributed by atoms with Gasteiger partial charge in [-0.1, -0.05) is 57.2 Å². The average molecular weight is 455 g/mol. The second kappa shape index (κ2) is 10.2. The molecule has 1 aliphatic carbocycles. The first kappa shape index (κ1) is 22.4. The normalized spacial score (nSPS) is 16.0. The first-order valence-corrected chi connectivity index (χ1v) is 12.6. The summed E-state index contributed by atoms with van der Waals surface area (Å²) in [6, 6.07) is 10.6. The first-order valence-electron chi connectivity index (χ1n) is 11.2. The third-order valence-corrected chi connectivity index (χ3v) is 7.53. The highest BCUT2D eigenvalue weighted by molar-refractivity contribution is 7.92. The SMILES string of the molecule is CC(CNCc1ccccc1NS(=O)(=O)c1ccc(-n2cncn2)nc1)C1CCCCC1. The molecule has 1 aromatic carbocycles. The number of sulfonamides is 1. The Morgan fingerprint density at radius 1 is 1.12 bits per heavy atom. The van der Waals surface area contributed by atoms with Crippen LogP contribution in [0.15, 0.2) is 60.1 Å². The molecule has 1 saturated carbocycles. The van der Waals surface area contributed by atoms with Gasteiger partial charge in [0.15, 0.2) is 5.82 Å². The molecule has 0 saturated heterocycles. The lowest BCUT2D eigenvalue weighted by Gasteiger charge is -2.28. The first-order chi connectivity index (χ1) is 15.5. The van der Waals surface area contributed by atoms with Gasteiger partial charge in [0.2, 0.25) is 0 Å². The van der Waals surface area contributed by atoms with Crippen LogP contribution >= 0.6 is 0 Å². The van der Waals surface area contributed by atoms with E-state index in [0.29, 0.717) is 24.0 Å². The van der Waals surface area contributed by atoms with Gasteiger partial charge in [-0.2, -0.15) is 5.10 Å². The van der Waals surface area contributed by atoms with Crippen molar-refractivity contribution in [3.63, 3.8) is 0 Å². The molecular weight excluding hydrogens is 424 g/mol. The van der Waals surface area contributed by atoms with Crippen LogP contribution in [0.5, 0.6) is 0 Å². The minimum absolute atomic E-state index is 0.0926. The van der Waals surface area contributed by atoms with E-state index in [1.807, 2.05) is 18.2 Å². The van der Waals surface area contributed by atoms with Crippen LogP contribution in [0, 0.1) is 11.8 Å². The highest BCUT2D eigenvalue weighted by Crippen LogP contribution is 2.29. The lowest BCUT2D eigenvalue weighted by molar-refractivity contribution is 0.256. The summed E-state index contributed by atoms with van der Waals surface area (Å²) >= 11 is 0. The topological polar surface area (TPSA) is 102 Å². The van der Waals surface area contributed by atoms with Crippen molar-refractivity contribution in [3.8, 4) is 5.82 Å². The van der Waals surface area contributed by atoms with Crippen molar-refractivity contribution in [3.05, 3.63) is 60.8 Å². The zero-order valence-electron chi connectivity index (χ0n) is 18.3. The Labute approximate surface area is 189 Å². The number of rotatable bonds is 9. The molecule has 2 heterocycles. The van der Waals surface area contributed by atoms with Crippen LogP contribution in [0.4, 0.5) is 5.69 Å². The zero-order valence-corrected chi connectivity index (χ0v) is 19.1. The van der Waals surface area contributed by atoms with Gasteiger partial charge in [0.25, 0.3) is 10.0 Å². The number of benzene rings is 1. The second-order valence-electron chi connectivity index (χ2n) is 8.46. The second-order valence-corrected chi connectivity index (χ2v) is 10.1. The molecule has 3 aromatic rings. The van der Waals surface area contributed by atoms with Crippen molar-refractivity contribution in [2.75, 3.05) is 11.3 Å². The van der Waals surface area contributed by atoms with E-state index < -0.39 is 10.0 Å². The van der Waals surface area contributed by atoms with Crippen LogP contribution in [0.25, 0.3) is 5.82 Å². The number of anilines is 1. The number of nitrogens with one attached hydrogen (secondary N) is 2. The smallest absolute Gasteiger partial charge is 0.263 e. The number of nitrogens with zero attached hydrogens (tertiary/aromatic N) is 4. The minimum atomic E-state index is -3.77. The van der Waals surface area contributed by atoms with E-state index in [1.165, 1.54) is 61.7 Å². The Kier molecular flexibility index (Phi) is 7.16. The van der Waals surface area contributed by atoms with Crippen molar-refractivity contribution < 1.29 is 8.42 Å². The van der Waals surface area contributed by atoms with E-state index in [1.54, 1.807) is 12.1 Å². The molecule has 0 amide bonds. The number of aromatic nitrogens is 4. The number of para-hydroxylation sites is 1. The molecule has 1 unspecified atom stereocenters. The van der Waals surface area contributed by atoms with Gasteiger partial charge in [-0.05, 0) is 42.1 Å². The predicted molar refractivity (Wildman–Crippen MR) is 124 cm³/mol. The fourth-order valence-corrected chi connectivity index (χ4v) is 5.32. The molecule has 4 rings (SSSR count). The van der Waals surface area contributed by atoms with Crippen LogP contribution in [0.2, 0.25) is 0 Å². The van der Waals surface area contributed by atoms with Gasteiger partial charge in [0.05, 0.1) is 5.69 Å². The number of hydrogen-bond donors (Lipinski definition) is 2. The third kappa shape index (κ3) is 5.52. The molecule has 1 atom stereocenters. The summed E-state index contributed by atoms with van der Waals surface area (Å²) in [6.45, 7) is 3.85. The fraction of sp³-hybridized carbons (Fsp3) is 0.435. The largest absolute Gasteiger partial charge is 0.312 e. The molecule has 0 bridgehead atoms. The zero-order chi connectivity index (χ0) is 22.4. The molecule has 0 aliphatic heterocycles. The van der Waals surface area contributed by atoms with Gasteiger partial charge in [0.1, 0.15) is 17.6 Å². The lowest BCUT2D eigenvalue weighted by Crippen LogP contribution is -2.27. The summed E-state index contributed by atoms with van der Waals surface area (Å²) in [4.78, 5) is 8.16. The van der Waals surface area contributed by atoms with Crippen molar-refractivity contribution in [1.29, 1.82) is 0 Å². The Morgan fingerprint density at radius 3 is 2.66 bits per heavy atom. The number of pyridine rings is 1. The summed E-state index contributed by atoms with van der Waals surface area (Å²) in [5, 5.41) is 7.52. The quantitative estimate of drug-likeness (QED) is 0.510. The molecule has 9 heteroatoms. The van der Waals surface area contributed by atoms with E-state index in [-0.39, 0.29) is 4.90 Å². The Bertz CT molecular complexity index is 1090. The van der Waals surface area contributed by atoms with Crippen molar-refractivity contribution >= 4 is 15.7 Å². The molecule has 0 radical (unpaired) electrons. The van der Waals surface area contributed by atoms with E-state index in [2.05, 4.69) is 32.0 Å². The van der Waals surface area contributed by atoms with Crippen LogP contribution in [0.3, 0.4) is 0 Å². The van der Waals surface area contributed by atoms with Crippen molar-refractivity contribution in [2.24, 2.45) is 11.8 Å². The fourth-order valence-electron chi connectivity index (χ4n) is 4.28. The third-order valence-electron chi connectivity index (χ3n) is 6.18. The van der Waals surface area contributed by atoms with Crippen molar-refractivity contribution in [2.45, 2.75) is 50.5 Å². The van der Waals surface area contributed by atoms with Crippen LogP contribution in [-0.2, 0) is 16.6 Å². The monoisotopic (exact) mass is 454 g/mol. The van der Waals surface area contributed by atoms with Gasteiger partial charge in [0, 0.05) is 12.7 Å². The molecule has 0 spiro atoms. The van der Waals surface area contributed by atoms with Crippen LogP contribution < -0.4 is 10.0 Å². The summed E-state index contributed by atoms with van der Waals surface area (Å²) in [7, 11) is -3.77. The van der Waals surface area contributed by atoms with E-state index in [4.69, 9.17) is 0 Å². The molecule has 1 aliphatic rings. The average Bonchev–Trinajstić information content (AvgIpc) is 3.36. The molecule has 1 fully saturated rings. The standard InChI is InChI=1S/C23H30N6O2S/c1-18(19-7-3-2-4-8-19)13-24-14-20-9-5-6-10-22(20)28-32(30,31)21-11-12-23(26-15-21)29-17-25-16-27-29/h5-6,9-12,15-19,24,28H,2-4,7-8,13-14H2,1H3. The maximum atomic E-state index is 12.9. The van der Waals surface area contributed by atoms with Gasteiger partial charge in [-0.15, -0.1) is 0 Å². The Hall–Kier alpha value is -2.78. The van der Waals surface area contributed by atoms with E-state index >= 15 is 0 Å². The number of hydrogen-bond acceptors (Lipinski definition) is 6. The Balaban J connectivity index is 1.39. The predicted octanol–water partition coefficient (Wildman–Crippen LogP) is 3.77. The molecule has 170 valence electrons. The Morgan fingerprint density at radius 2 is 1.94 bits per heavy atom. The maximum absolute atomic E-state index is 12.9. The molecular formula is C23H30N6O2S. The highest BCUT2D eigenvalue weighted by Gasteiger charge is 2.20. The maximum Gasteiger partial charge on any atom is 0.263 e. The molecule has 32 heavy (non-hydrogen) atoms. The van der Waals surface area contributed by atoms with Gasteiger partial charge in [-0.25, -0.2) is 23.1 Å². The summed E-state index contributed by atoms with van der Waals surface area (Å²) in [6.07, 6.45) is 10.9. The van der Waals surface area contributed by atoms with E-state index in [0.717, 1.165) is 18.0 Å². The van der Waals surface area contributed by atoms with Gasteiger partial charge >= 0.3 is 0 Å². The van der Waals surface area contributed by atoms with Gasteiger partial charge in [-0.3, -0.25) is 4.72 Å². The molecule has 2 N–H and O–H groups in total.